The van der Waals surface area contributed by atoms with E-state index in [1.165, 1.54) is 21.9 Å². The van der Waals surface area contributed by atoms with Gasteiger partial charge in [-0.3, -0.25) is 0 Å². The van der Waals surface area contributed by atoms with Gasteiger partial charge in [0.15, 0.2) is 5.82 Å². The fourth-order valence-corrected chi connectivity index (χ4v) is 8.18. The average Bonchev–Trinajstić information content (AvgIpc) is 3.32. The predicted octanol–water partition coefficient (Wildman–Crippen LogP) is 15.0. The Morgan fingerprint density at radius 1 is 0.224 bits per heavy atom. The van der Waals surface area contributed by atoms with Crippen molar-refractivity contribution < 1.29 is 0 Å². The first kappa shape index (κ1) is 34.8. The van der Waals surface area contributed by atoms with Gasteiger partial charge in [0.25, 0.3) is 0 Å². The molecule has 2 heteroatoms. The van der Waals surface area contributed by atoms with E-state index in [0.717, 1.165) is 72.6 Å². The predicted molar refractivity (Wildman–Crippen MR) is 243 cm³/mol. The molecule has 9 aromatic carbocycles. The van der Waals surface area contributed by atoms with Crippen molar-refractivity contribution in [1.82, 2.24) is 9.97 Å². The van der Waals surface area contributed by atoms with E-state index in [9.17, 15) is 0 Å². The van der Waals surface area contributed by atoms with Crippen molar-refractivity contribution in [2.75, 3.05) is 0 Å². The van der Waals surface area contributed by atoms with E-state index in [2.05, 4.69) is 224 Å². The third-order valence-electron chi connectivity index (χ3n) is 10.9. The summed E-state index contributed by atoms with van der Waals surface area (Å²) >= 11 is 0. The first-order valence-electron chi connectivity index (χ1n) is 19.7. The summed E-state index contributed by atoms with van der Waals surface area (Å²) in [5, 5.41) is 2.37. The minimum Gasteiger partial charge on any atom is -0.228 e. The number of aromatic nitrogens is 2. The quantitative estimate of drug-likeness (QED) is 0.155. The maximum Gasteiger partial charge on any atom is 0.161 e. The van der Waals surface area contributed by atoms with Crippen LogP contribution in [-0.4, -0.2) is 9.97 Å². The summed E-state index contributed by atoms with van der Waals surface area (Å²) in [4.78, 5) is 10.8. The van der Waals surface area contributed by atoms with Crippen LogP contribution < -0.4 is 0 Å². The van der Waals surface area contributed by atoms with E-state index < -0.39 is 0 Å². The zero-order valence-corrected chi connectivity index (χ0v) is 31.8. The van der Waals surface area contributed by atoms with E-state index in [0.29, 0.717) is 5.82 Å². The standard InChI is InChI=1S/C56H38N2/c1-6-21-40(22-7-1)49-37-50(54(43-27-12-4-13-28-43)55(44-29-14-5-15-30-44)53(49)42-25-10-3-11-26-42)47-32-18-19-33-48(47)56-57-51(41-23-8-2-9-24-41)38-52(58-56)46-35-34-39-20-16-17-31-45(39)36-46/h1-38H. The number of rotatable bonds is 8. The van der Waals surface area contributed by atoms with Crippen molar-refractivity contribution in [2.45, 2.75) is 0 Å². The maximum absolute atomic E-state index is 5.41. The van der Waals surface area contributed by atoms with Gasteiger partial charge in [0, 0.05) is 16.7 Å². The second-order valence-electron chi connectivity index (χ2n) is 14.5. The molecule has 1 aromatic heterocycles. The molecule has 58 heavy (non-hydrogen) atoms. The minimum absolute atomic E-state index is 0.675. The molecule has 0 amide bonds. The molecular weight excluding hydrogens is 701 g/mol. The topological polar surface area (TPSA) is 25.8 Å². The molecule has 0 radical (unpaired) electrons. The molecule has 1 heterocycles. The monoisotopic (exact) mass is 738 g/mol. The molecule has 0 aliphatic heterocycles. The molecule has 0 atom stereocenters. The summed E-state index contributed by atoms with van der Waals surface area (Å²) in [5.41, 5.74) is 16.3. The van der Waals surface area contributed by atoms with Gasteiger partial charge in [0.05, 0.1) is 11.4 Å². The van der Waals surface area contributed by atoms with Gasteiger partial charge in [-0.25, -0.2) is 9.97 Å². The highest BCUT2D eigenvalue weighted by atomic mass is 14.9. The molecule has 0 unspecified atom stereocenters. The van der Waals surface area contributed by atoms with Crippen LogP contribution in [0, 0.1) is 0 Å². The van der Waals surface area contributed by atoms with Gasteiger partial charge in [-0.2, -0.15) is 0 Å². The Hall–Kier alpha value is -7.68. The van der Waals surface area contributed by atoms with E-state index in [-0.39, 0.29) is 0 Å². The lowest BCUT2D eigenvalue weighted by molar-refractivity contribution is 1.18. The molecule has 0 fully saturated rings. The highest BCUT2D eigenvalue weighted by Crippen LogP contribution is 2.51. The fraction of sp³-hybridized carbons (Fsp3) is 0. The number of fused-ring (bicyclic) bond motifs is 1. The molecule has 0 bridgehead atoms. The van der Waals surface area contributed by atoms with Gasteiger partial charge in [0.2, 0.25) is 0 Å². The molecule has 0 saturated heterocycles. The smallest absolute Gasteiger partial charge is 0.161 e. The lowest BCUT2D eigenvalue weighted by Crippen LogP contribution is -2.00. The average molecular weight is 739 g/mol. The second kappa shape index (κ2) is 15.5. The number of nitrogens with zero attached hydrogens (tertiary/aromatic N) is 2. The molecule has 2 nitrogen and oxygen atoms in total. The van der Waals surface area contributed by atoms with Crippen LogP contribution in [0.1, 0.15) is 0 Å². The van der Waals surface area contributed by atoms with Crippen LogP contribution in [0.5, 0.6) is 0 Å². The number of benzene rings is 9. The molecule has 272 valence electrons. The maximum atomic E-state index is 5.41. The second-order valence-corrected chi connectivity index (χ2v) is 14.5. The largest absolute Gasteiger partial charge is 0.228 e. The van der Waals surface area contributed by atoms with E-state index in [1.54, 1.807) is 0 Å². The van der Waals surface area contributed by atoms with Crippen LogP contribution in [0.3, 0.4) is 0 Å². The first-order chi connectivity index (χ1) is 28.8. The zero-order valence-electron chi connectivity index (χ0n) is 31.8. The Balaban J connectivity index is 1.30. The molecule has 10 aromatic rings. The molecule has 0 aliphatic carbocycles. The summed E-state index contributed by atoms with van der Waals surface area (Å²) in [7, 11) is 0. The van der Waals surface area contributed by atoms with Gasteiger partial charge in [-0.1, -0.05) is 212 Å². The minimum atomic E-state index is 0.675. The lowest BCUT2D eigenvalue weighted by atomic mass is 9.78. The summed E-state index contributed by atoms with van der Waals surface area (Å²) in [6.07, 6.45) is 0. The Morgan fingerprint density at radius 3 is 1.24 bits per heavy atom. The van der Waals surface area contributed by atoms with Crippen LogP contribution in [0.25, 0.3) is 100 Å². The van der Waals surface area contributed by atoms with Crippen molar-refractivity contribution in [3.8, 4) is 89.5 Å². The van der Waals surface area contributed by atoms with Crippen LogP contribution in [0.4, 0.5) is 0 Å². The van der Waals surface area contributed by atoms with E-state index >= 15 is 0 Å². The lowest BCUT2D eigenvalue weighted by Gasteiger charge is -2.25. The van der Waals surface area contributed by atoms with Crippen molar-refractivity contribution >= 4 is 10.8 Å². The van der Waals surface area contributed by atoms with Gasteiger partial charge >= 0.3 is 0 Å². The SMILES string of the molecule is c1ccc(-c2cc(-c3ccc4ccccc4c3)nc(-c3ccccc3-c3cc(-c4ccccc4)c(-c4ccccc4)c(-c4ccccc4)c3-c3ccccc3)n2)cc1. The number of hydrogen-bond donors (Lipinski definition) is 0. The highest BCUT2D eigenvalue weighted by molar-refractivity contribution is 6.08. The molecular formula is C56H38N2. The van der Waals surface area contributed by atoms with Crippen molar-refractivity contribution in [1.29, 1.82) is 0 Å². The normalized spacial score (nSPS) is 11.1. The van der Waals surface area contributed by atoms with Crippen LogP contribution >= 0.6 is 0 Å². The summed E-state index contributed by atoms with van der Waals surface area (Å²) in [6.45, 7) is 0. The van der Waals surface area contributed by atoms with Crippen LogP contribution in [-0.2, 0) is 0 Å². The zero-order chi connectivity index (χ0) is 38.7. The van der Waals surface area contributed by atoms with Gasteiger partial charge in [0.1, 0.15) is 0 Å². The summed E-state index contributed by atoms with van der Waals surface area (Å²) in [5.74, 6) is 0.675. The molecule has 10 rings (SSSR count). The Kier molecular flexibility index (Phi) is 9.27. The Morgan fingerprint density at radius 2 is 0.655 bits per heavy atom. The third-order valence-corrected chi connectivity index (χ3v) is 10.9. The number of hydrogen-bond acceptors (Lipinski definition) is 2. The Labute approximate surface area is 339 Å². The van der Waals surface area contributed by atoms with Crippen molar-refractivity contribution in [2.24, 2.45) is 0 Å². The van der Waals surface area contributed by atoms with E-state index in [1.807, 2.05) is 6.07 Å². The van der Waals surface area contributed by atoms with Crippen molar-refractivity contribution in [3.63, 3.8) is 0 Å². The van der Waals surface area contributed by atoms with Crippen LogP contribution in [0.2, 0.25) is 0 Å². The molecule has 0 aliphatic rings. The highest BCUT2D eigenvalue weighted by Gasteiger charge is 2.25. The first-order valence-corrected chi connectivity index (χ1v) is 19.7. The van der Waals surface area contributed by atoms with Gasteiger partial charge in [-0.15, -0.1) is 0 Å². The molecule has 0 N–H and O–H groups in total. The third kappa shape index (κ3) is 6.67. The van der Waals surface area contributed by atoms with E-state index in [4.69, 9.17) is 9.97 Å². The summed E-state index contributed by atoms with van der Waals surface area (Å²) < 4.78 is 0. The van der Waals surface area contributed by atoms with Gasteiger partial charge < -0.3 is 0 Å². The molecule has 0 saturated carbocycles. The Bertz CT molecular complexity index is 3010. The molecule has 0 spiro atoms. The summed E-state index contributed by atoms with van der Waals surface area (Å²) in [6, 6.07) is 81.9. The van der Waals surface area contributed by atoms with Gasteiger partial charge in [-0.05, 0) is 84.6 Å². The van der Waals surface area contributed by atoms with Crippen LogP contribution in [0.15, 0.2) is 231 Å². The van der Waals surface area contributed by atoms with Crippen molar-refractivity contribution in [3.05, 3.63) is 231 Å². The fourth-order valence-electron chi connectivity index (χ4n) is 8.18.